The number of aromatic nitrogens is 1. The number of aromatic carboxylic acids is 1. The summed E-state index contributed by atoms with van der Waals surface area (Å²) in [6.07, 6.45) is 2.51. The topological polar surface area (TPSA) is 79.3 Å². The van der Waals surface area contributed by atoms with Gasteiger partial charge in [0.1, 0.15) is 5.82 Å². The lowest BCUT2D eigenvalue weighted by atomic mass is 10.1. The van der Waals surface area contributed by atoms with E-state index < -0.39 is 17.7 Å². The molecule has 0 unspecified atom stereocenters. The Kier molecular flexibility index (Phi) is 3.74. The van der Waals surface area contributed by atoms with Crippen LogP contribution in [0.5, 0.6) is 0 Å². The van der Waals surface area contributed by atoms with Crippen LogP contribution >= 0.6 is 0 Å². The number of hydrogen-bond donors (Lipinski definition) is 2. The Labute approximate surface area is 114 Å². The van der Waals surface area contributed by atoms with Crippen molar-refractivity contribution in [1.82, 2.24) is 4.98 Å². The molecule has 0 bridgehead atoms. The lowest BCUT2D eigenvalue weighted by Crippen LogP contribution is -2.13. The van der Waals surface area contributed by atoms with E-state index in [1.165, 1.54) is 36.7 Å². The minimum Gasteiger partial charge on any atom is -0.478 e. The maximum absolute atomic E-state index is 13.1. The molecule has 0 spiro atoms. The average Bonchev–Trinajstić information content (AvgIpc) is 2.42. The number of nitrogens with zero attached hydrogens (tertiary/aromatic N) is 1. The third-order valence-corrected chi connectivity index (χ3v) is 2.66. The molecule has 0 aliphatic heterocycles. The van der Waals surface area contributed by atoms with Crippen LogP contribution in [0.1, 0.15) is 26.3 Å². The number of amides is 1. The Balaban J connectivity index is 2.21. The van der Waals surface area contributed by atoms with Crippen molar-refractivity contribution in [3.63, 3.8) is 0 Å². The van der Waals surface area contributed by atoms with Crippen LogP contribution in [0.15, 0.2) is 36.7 Å². The van der Waals surface area contributed by atoms with Crippen LogP contribution in [0.4, 0.5) is 10.1 Å². The predicted molar refractivity (Wildman–Crippen MR) is 70.3 cm³/mol. The Bertz CT molecular complexity index is 686. The second-order valence-corrected chi connectivity index (χ2v) is 4.19. The molecular formula is C14H11FN2O3. The first-order chi connectivity index (χ1) is 9.47. The Morgan fingerprint density at radius 3 is 2.60 bits per heavy atom. The van der Waals surface area contributed by atoms with Gasteiger partial charge < -0.3 is 10.4 Å². The fourth-order valence-corrected chi connectivity index (χ4v) is 1.61. The number of carbonyl (C=O) groups excluding carboxylic acids is 1. The number of hydrogen-bond acceptors (Lipinski definition) is 3. The standard InChI is InChI=1S/C14H11FN2O3/c1-8-4-9(2-3-12(8)15)13(18)17-11-5-10(14(19)20)6-16-7-11/h2-7H,1H3,(H,17,18)(H,19,20). The van der Waals surface area contributed by atoms with Crippen molar-refractivity contribution >= 4 is 17.6 Å². The van der Waals surface area contributed by atoms with E-state index in [-0.39, 0.29) is 16.8 Å². The molecule has 0 atom stereocenters. The first kappa shape index (κ1) is 13.7. The van der Waals surface area contributed by atoms with Gasteiger partial charge in [-0.05, 0) is 36.8 Å². The zero-order valence-corrected chi connectivity index (χ0v) is 10.6. The Morgan fingerprint density at radius 1 is 1.20 bits per heavy atom. The number of rotatable bonds is 3. The largest absolute Gasteiger partial charge is 0.478 e. The quantitative estimate of drug-likeness (QED) is 0.901. The van der Waals surface area contributed by atoms with Crippen molar-refractivity contribution in [2.75, 3.05) is 5.32 Å². The van der Waals surface area contributed by atoms with Gasteiger partial charge in [0, 0.05) is 11.8 Å². The van der Waals surface area contributed by atoms with Crippen LogP contribution in [0, 0.1) is 12.7 Å². The van der Waals surface area contributed by atoms with Crippen LogP contribution < -0.4 is 5.32 Å². The fraction of sp³-hybridized carbons (Fsp3) is 0.0714. The van der Waals surface area contributed by atoms with Crippen LogP contribution in [0.25, 0.3) is 0 Å². The maximum atomic E-state index is 13.1. The molecule has 0 radical (unpaired) electrons. The summed E-state index contributed by atoms with van der Waals surface area (Å²) in [5, 5.41) is 11.3. The predicted octanol–water partition coefficient (Wildman–Crippen LogP) is 2.48. The number of anilines is 1. The van der Waals surface area contributed by atoms with Gasteiger partial charge in [0.05, 0.1) is 17.4 Å². The molecule has 0 fully saturated rings. The zero-order valence-electron chi connectivity index (χ0n) is 10.6. The molecule has 1 aromatic heterocycles. The second-order valence-electron chi connectivity index (χ2n) is 4.19. The molecule has 5 nitrogen and oxygen atoms in total. The molecular weight excluding hydrogens is 263 g/mol. The van der Waals surface area contributed by atoms with E-state index in [1.807, 2.05) is 0 Å². The molecule has 0 aliphatic carbocycles. The van der Waals surface area contributed by atoms with Crippen LogP contribution in [-0.4, -0.2) is 22.0 Å². The number of carboxylic acid groups (broad SMARTS) is 1. The summed E-state index contributed by atoms with van der Waals surface area (Å²) in [6.45, 7) is 1.55. The number of pyridine rings is 1. The van der Waals surface area contributed by atoms with E-state index >= 15 is 0 Å². The molecule has 0 aliphatic rings. The number of aryl methyl sites for hydroxylation is 1. The van der Waals surface area contributed by atoms with Crippen molar-refractivity contribution in [2.24, 2.45) is 0 Å². The summed E-state index contributed by atoms with van der Waals surface area (Å²) in [7, 11) is 0. The average molecular weight is 274 g/mol. The molecule has 0 saturated heterocycles. The summed E-state index contributed by atoms with van der Waals surface area (Å²) in [4.78, 5) is 26.5. The molecule has 1 amide bonds. The van der Waals surface area contributed by atoms with Gasteiger partial charge in [0.15, 0.2) is 0 Å². The molecule has 6 heteroatoms. The lowest BCUT2D eigenvalue weighted by Gasteiger charge is -2.06. The number of halogens is 1. The summed E-state index contributed by atoms with van der Waals surface area (Å²) in [6, 6.07) is 5.27. The van der Waals surface area contributed by atoms with E-state index in [1.54, 1.807) is 6.92 Å². The molecule has 1 aromatic carbocycles. The van der Waals surface area contributed by atoms with Crippen LogP contribution in [0.3, 0.4) is 0 Å². The van der Waals surface area contributed by atoms with Crippen molar-refractivity contribution in [1.29, 1.82) is 0 Å². The molecule has 2 aromatic rings. The Morgan fingerprint density at radius 2 is 1.95 bits per heavy atom. The molecule has 2 N–H and O–H groups in total. The first-order valence-corrected chi connectivity index (χ1v) is 5.73. The molecule has 2 rings (SSSR count). The van der Waals surface area contributed by atoms with E-state index in [9.17, 15) is 14.0 Å². The van der Waals surface area contributed by atoms with Gasteiger partial charge in [0.25, 0.3) is 5.91 Å². The van der Waals surface area contributed by atoms with Crippen molar-refractivity contribution in [3.05, 3.63) is 59.2 Å². The minimum atomic E-state index is -1.13. The van der Waals surface area contributed by atoms with Gasteiger partial charge in [-0.2, -0.15) is 0 Å². The second kappa shape index (κ2) is 5.48. The van der Waals surface area contributed by atoms with Crippen molar-refractivity contribution in [2.45, 2.75) is 6.92 Å². The van der Waals surface area contributed by atoms with Gasteiger partial charge in [-0.1, -0.05) is 0 Å². The number of carboxylic acids is 1. The highest BCUT2D eigenvalue weighted by molar-refractivity contribution is 6.04. The number of nitrogens with one attached hydrogen (secondary N) is 1. The third-order valence-electron chi connectivity index (χ3n) is 2.66. The SMILES string of the molecule is Cc1cc(C(=O)Nc2cncc(C(=O)O)c2)ccc1F. The van der Waals surface area contributed by atoms with Gasteiger partial charge >= 0.3 is 5.97 Å². The first-order valence-electron chi connectivity index (χ1n) is 5.73. The van der Waals surface area contributed by atoms with E-state index in [0.717, 1.165) is 0 Å². The fourth-order valence-electron chi connectivity index (χ4n) is 1.61. The van der Waals surface area contributed by atoms with Crippen molar-refractivity contribution in [3.8, 4) is 0 Å². The molecule has 1 heterocycles. The summed E-state index contributed by atoms with van der Waals surface area (Å²) < 4.78 is 13.1. The van der Waals surface area contributed by atoms with Gasteiger partial charge in [0.2, 0.25) is 0 Å². The molecule has 102 valence electrons. The summed E-state index contributed by atoms with van der Waals surface area (Å²) in [5.41, 5.74) is 0.870. The van der Waals surface area contributed by atoms with Gasteiger partial charge in [-0.3, -0.25) is 9.78 Å². The number of carbonyl (C=O) groups is 2. The highest BCUT2D eigenvalue weighted by atomic mass is 19.1. The Hall–Kier alpha value is -2.76. The van der Waals surface area contributed by atoms with Gasteiger partial charge in [-0.15, -0.1) is 0 Å². The zero-order chi connectivity index (χ0) is 14.7. The molecule has 0 saturated carbocycles. The highest BCUT2D eigenvalue weighted by Gasteiger charge is 2.10. The lowest BCUT2D eigenvalue weighted by molar-refractivity contribution is 0.0696. The minimum absolute atomic E-state index is 0.0295. The summed E-state index contributed by atoms with van der Waals surface area (Å²) in [5.74, 6) is -1.99. The normalized spacial score (nSPS) is 10.1. The van der Waals surface area contributed by atoms with Crippen LogP contribution in [0.2, 0.25) is 0 Å². The summed E-state index contributed by atoms with van der Waals surface area (Å²) >= 11 is 0. The van der Waals surface area contributed by atoms with Crippen LogP contribution in [-0.2, 0) is 0 Å². The number of benzene rings is 1. The monoisotopic (exact) mass is 274 g/mol. The van der Waals surface area contributed by atoms with Crippen molar-refractivity contribution < 1.29 is 19.1 Å². The van der Waals surface area contributed by atoms with E-state index in [0.29, 0.717) is 5.56 Å². The van der Waals surface area contributed by atoms with Gasteiger partial charge in [-0.25, -0.2) is 9.18 Å². The van der Waals surface area contributed by atoms with E-state index in [4.69, 9.17) is 5.11 Å². The van der Waals surface area contributed by atoms with E-state index in [2.05, 4.69) is 10.3 Å². The molecule has 20 heavy (non-hydrogen) atoms. The highest BCUT2D eigenvalue weighted by Crippen LogP contribution is 2.13. The maximum Gasteiger partial charge on any atom is 0.337 e. The smallest absolute Gasteiger partial charge is 0.337 e. The third kappa shape index (κ3) is 2.97.